The first-order valence-corrected chi connectivity index (χ1v) is 4.57. The van der Waals surface area contributed by atoms with Crippen LogP contribution in [0.4, 0.5) is 13.2 Å². The molecule has 0 aromatic carbocycles. The van der Waals surface area contributed by atoms with Crippen molar-refractivity contribution in [3.05, 3.63) is 27.7 Å². The Morgan fingerprint density at radius 3 is 2.62 bits per heavy atom. The molecule has 0 radical (unpaired) electrons. The molecule has 0 amide bonds. The van der Waals surface area contributed by atoms with Gasteiger partial charge in [0, 0.05) is 17.6 Å². The molecule has 0 bridgehead atoms. The van der Waals surface area contributed by atoms with Crippen LogP contribution >= 0.6 is 27.5 Å². The van der Waals surface area contributed by atoms with Gasteiger partial charge in [-0.3, -0.25) is 0 Å². The topological polar surface area (TPSA) is 12.9 Å². The third-order valence-electron chi connectivity index (χ3n) is 1.46. The third kappa shape index (κ3) is 2.14. The quantitative estimate of drug-likeness (QED) is 0.592. The summed E-state index contributed by atoms with van der Waals surface area (Å²) in [6, 6.07) is 0. The second-order valence-electron chi connectivity index (χ2n) is 2.24. The van der Waals surface area contributed by atoms with Gasteiger partial charge < -0.3 is 0 Å². The van der Waals surface area contributed by atoms with E-state index < -0.39 is 17.9 Å². The monoisotopic (exact) mass is 273 g/mol. The first kappa shape index (κ1) is 10.8. The lowest BCUT2D eigenvalue weighted by Crippen LogP contribution is -1.99. The van der Waals surface area contributed by atoms with Crippen LogP contribution in [0, 0.1) is 5.95 Å². The summed E-state index contributed by atoms with van der Waals surface area (Å²) in [5, 5.41) is 0. The van der Waals surface area contributed by atoms with Gasteiger partial charge in [0.1, 0.15) is 0 Å². The van der Waals surface area contributed by atoms with E-state index in [9.17, 15) is 13.2 Å². The Balaban J connectivity index is 3.32. The molecule has 0 fully saturated rings. The summed E-state index contributed by atoms with van der Waals surface area (Å²) in [6.45, 7) is 0. The van der Waals surface area contributed by atoms with E-state index in [1.807, 2.05) is 0 Å². The van der Waals surface area contributed by atoms with Gasteiger partial charge in [0.25, 0.3) is 6.43 Å². The molecule has 0 atom stereocenters. The van der Waals surface area contributed by atoms with Crippen molar-refractivity contribution in [3.8, 4) is 0 Å². The molecular formula is C7H4BrClF3N. The van der Waals surface area contributed by atoms with Crippen molar-refractivity contribution in [2.75, 3.05) is 0 Å². The molecule has 0 N–H and O–H groups in total. The van der Waals surface area contributed by atoms with Gasteiger partial charge in [-0.1, -0.05) is 0 Å². The molecule has 72 valence electrons. The molecule has 6 heteroatoms. The Morgan fingerprint density at radius 1 is 1.54 bits per heavy atom. The van der Waals surface area contributed by atoms with E-state index in [2.05, 4.69) is 20.9 Å². The molecule has 0 spiro atoms. The van der Waals surface area contributed by atoms with Crippen molar-refractivity contribution in [1.29, 1.82) is 0 Å². The fourth-order valence-electron chi connectivity index (χ4n) is 0.855. The maximum atomic E-state index is 12.7. The van der Waals surface area contributed by atoms with Crippen molar-refractivity contribution in [3.63, 3.8) is 0 Å². The highest BCUT2D eigenvalue weighted by molar-refractivity contribution is 9.10. The van der Waals surface area contributed by atoms with Gasteiger partial charge in [0.2, 0.25) is 5.95 Å². The molecule has 1 aromatic rings. The zero-order chi connectivity index (χ0) is 10.0. The number of pyridine rings is 1. The third-order valence-corrected chi connectivity index (χ3v) is 2.50. The second-order valence-corrected chi connectivity index (χ2v) is 3.30. The maximum Gasteiger partial charge on any atom is 0.265 e. The summed E-state index contributed by atoms with van der Waals surface area (Å²) < 4.78 is 37.1. The van der Waals surface area contributed by atoms with Gasteiger partial charge in [-0.05, 0) is 21.5 Å². The van der Waals surface area contributed by atoms with E-state index in [-0.39, 0.29) is 15.9 Å². The van der Waals surface area contributed by atoms with Crippen molar-refractivity contribution < 1.29 is 13.2 Å². The van der Waals surface area contributed by atoms with Crippen LogP contribution in [0.25, 0.3) is 0 Å². The smallest absolute Gasteiger partial charge is 0.227 e. The fourth-order valence-corrected chi connectivity index (χ4v) is 1.60. The number of hydrogen-bond donors (Lipinski definition) is 0. The minimum Gasteiger partial charge on any atom is -0.227 e. The molecule has 1 heterocycles. The van der Waals surface area contributed by atoms with Gasteiger partial charge in [0.05, 0.1) is 4.47 Å². The molecule has 0 aliphatic heterocycles. The van der Waals surface area contributed by atoms with E-state index >= 15 is 0 Å². The zero-order valence-corrected chi connectivity index (χ0v) is 8.54. The largest absolute Gasteiger partial charge is 0.265 e. The van der Waals surface area contributed by atoms with Crippen molar-refractivity contribution >= 4 is 27.5 Å². The van der Waals surface area contributed by atoms with Crippen molar-refractivity contribution in [1.82, 2.24) is 4.98 Å². The van der Waals surface area contributed by atoms with Crippen LogP contribution in [-0.4, -0.2) is 4.98 Å². The van der Waals surface area contributed by atoms with Crippen LogP contribution in [-0.2, 0) is 5.88 Å². The normalized spacial score (nSPS) is 10.9. The molecule has 0 saturated carbocycles. The van der Waals surface area contributed by atoms with Crippen LogP contribution in [0.5, 0.6) is 0 Å². The molecule has 0 unspecified atom stereocenters. The molecule has 1 aromatic heterocycles. The highest BCUT2D eigenvalue weighted by atomic mass is 79.9. The van der Waals surface area contributed by atoms with E-state index in [1.165, 1.54) is 0 Å². The molecule has 0 saturated heterocycles. The summed E-state index contributed by atoms with van der Waals surface area (Å²) in [4.78, 5) is 3.26. The lowest BCUT2D eigenvalue weighted by atomic mass is 10.2. The van der Waals surface area contributed by atoms with Crippen LogP contribution < -0.4 is 0 Å². The van der Waals surface area contributed by atoms with Crippen molar-refractivity contribution in [2.24, 2.45) is 0 Å². The van der Waals surface area contributed by atoms with E-state index in [0.29, 0.717) is 0 Å². The van der Waals surface area contributed by atoms with Gasteiger partial charge in [-0.15, -0.1) is 11.6 Å². The average molecular weight is 274 g/mol. The minimum atomic E-state index is -2.76. The first-order valence-electron chi connectivity index (χ1n) is 3.24. The van der Waals surface area contributed by atoms with Crippen molar-refractivity contribution in [2.45, 2.75) is 12.3 Å². The van der Waals surface area contributed by atoms with E-state index in [1.54, 1.807) is 0 Å². The van der Waals surface area contributed by atoms with Gasteiger partial charge >= 0.3 is 0 Å². The highest BCUT2D eigenvalue weighted by Crippen LogP contribution is 2.32. The molecule has 1 rings (SSSR count). The zero-order valence-electron chi connectivity index (χ0n) is 6.20. The number of nitrogens with zero attached hydrogens (tertiary/aromatic N) is 1. The number of halogens is 5. The van der Waals surface area contributed by atoms with Crippen LogP contribution in [0.15, 0.2) is 10.7 Å². The highest BCUT2D eigenvalue weighted by Gasteiger charge is 2.19. The maximum absolute atomic E-state index is 12.7. The van der Waals surface area contributed by atoms with Gasteiger partial charge in [0.15, 0.2) is 0 Å². The van der Waals surface area contributed by atoms with Gasteiger partial charge in [-0.25, -0.2) is 13.8 Å². The summed E-state index contributed by atoms with van der Waals surface area (Å²) >= 11 is 8.08. The summed E-state index contributed by atoms with van der Waals surface area (Å²) in [7, 11) is 0. The molecular weight excluding hydrogens is 270 g/mol. The predicted molar refractivity (Wildman–Crippen MR) is 46.4 cm³/mol. The standard InChI is InChI=1S/C7H4BrClF3N/c8-5-4(6(10)11)3(1-9)2-13-7(5)12/h2,6H,1H2. The summed E-state index contributed by atoms with van der Waals surface area (Å²) in [5.41, 5.74) is -0.299. The van der Waals surface area contributed by atoms with Gasteiger partial charge in [-0.2, -0.15) is 4.39 Å². The lowest BCUT2D eigenvalue weighted by molar-refractivity contribution is 0.148. The summed E-state index contributed by atoms with van der Waals surface area (Å²) in [6.07, 6.45) is -1.75. The number of aromatic nitrogens is 1. The molecule has 0 aliphatic rings. The number of hydrogen-bond acceptors (Lipinski definition) is 1. The first-order chi connectivity index (χ1) is 6.07. The Hall–Kier alpha value is -0.290. The van der Waals surface area contributed by atoms with E-state index in [4.69, 9.17) is 11.6 Å². The molecule has 0 aliphatic carbocycles. The lowest BCUT2D eigenvalue weighted by Gasteiger charge is -2.07. The number of alkyl halides is 3. The van der Waals surface area contributed by atoms with E-state index in [0.717, 1.165) is 6.20 Å². The Morgan fingerprint density at radius 2 is 2.15 bits per heavy atom. The fraction of sp³-hybridized carbons (Fsp3) is 0.286. The Kier molecular flexibility index (Phi) is 3.55. The Labute approximate surface area is 86.0 Å². The summed E-state index contributed by atoms with van der Waals surface area (Å²) in [5.74, 6) is -1.07. The SMILES string of the molecule is Fc1ncc(CCl)c(C(F)F)c1Br. The second kappa shape index (κ2) is 4.28. The number of rotatable bonds is 2. The Bertz CT molecular complexity index is 319. The van der Waals surface area contributed by atoms with Crippen LogP contribution in [0.3, 0.4) is 0 Å². The molecule has 1 nitrogen and oxygen atoms in total. The molecule has 13 heavy (non-hydrogen) atoms. The minimum absolute atomic E-state index is 0.119. The van der Waals surface area contributed by atoms with Crippen LogP contribution in [0.1, 0.15) is 17.6 Å². The predicted octanol–water partition coefficient (Wildman–Crippen LogP) is 3.66. The van der Waals surface area contributed by atoms with Crippen LogP contribution in [0.2, 0.25) is 0 Å². The average Bonchev–Trinajstić information content (AvgIpc) is 2.08.